The highest BCUT2D eigenvalue weighted by atomic mass is 32.2. The van der Waals surface area contributed by atoms with Gasteiger partial charge in [-0.1, -0.05) is 91.0 Å². The molecule has 1 atom stereocenters. The molecule has 0 aliphatic rings. The number of hydrogen-bond donors (Lipinski definition) is 1. The van der Waals surface area contributed by atoms with E-state index in [4.69, 9.17) is 4.74 Å². The second-order valence-electron chi connectivity index (χ2n) is 9.29. The third kappa shape index (κ3) is 9.34. The molecule has 1 unspecified atom stereocenters. The van der Waals surface area contributed by atoms with Crippen molar-refractivity contribution in [1.82, 2.24) is 10.2 Å². The smallest absolute Gasteiger partial charge is 0.246 e. The molecule has 0 saturated heterocycles. The van der Waals surface area contributed by atoms with Crippen LogP contribution in [0.25, 0.3) is 0 Å². The van der Waals surface area contributed by atoms with Gasteiger partial charge in [-0.15, -0.1) is 11.8 Å². The Balaban J connectivity index is 1.40. The Morgan fingerprint density at radius 3 is 1.92 bits per heavy atom. The molecular weight excluding hydrogens is 504 g/mol. The lowest BCUT2D eigenvalue weighted by molar-refractivity contribution is -0.136. The van der Waals surface area contributed by atoms with Gasteiger partial charge in [-0.25, -0.2) is 0 Å². The van der Waals surface area contributed by atoms with Crippen molar-refractivity contribution < 1.29 is 14.3 Å². The van der Waals surface area contributed by atoms with E-state index in [9.17, 15) is 9.59 Å². The van der Waals surface area contributed by atoms with E-state index in [2.05, 4.69) is 17.4 Å². The molecule has 2 amide bonds. The molecule has 0 heterocycles. The van der Waals surface area contributed by atoms with Crippen LogP contribution in [-0.2, 0) is 29.2 Å². The van der Waals surface area contributed by atoms with E-state index >= 15 is 0 Å². The summed E-state index contributed by atoms with van der Waals surface area (Å²) in [5.41, 5.74) is 3.34. The van der Waals surface area contributed by atoms with Gasteiger partial charge >= 0.3 is 0 Å². The molecule has 0 saturated carbocycles. The largest absolute Gasteiger partial charge is 0.489 e. The van der Waals surface area contributed by atoms with Crippen LogP contribution in [0.1, 0.15) is 23.6 Å². The summed E-state index contributed by atoms with van der Waals surface area (Å²) in [7, 11) is 0. The van der Waals surface area contributed by atoms with Crippen molar-refractivity contribution in [2.45, 2.75) is 37.4 Å². The molecule has 6 heteroatoms. The van der Waals surface area contributed by atoms with Crippen LogP contribution in [0, 0.1) is 0 Å². The van der Waals surface area contributed by atoms with Crippen molar-refractivity contribution in [3.8, 4) is 5.75 Å². The molecule has 39 heavy (non-hydrogen) atoms. The van der Waals surface area contributed by atoms with Crippen LogP contribution >= 0.6 is 11.8 Å². The quantitative estimate of drug-likeness (QED) is 0.208. The molecule has 0 aliphatic heterocycles. The van der Waals surface area contributed by atoms with Crippen LogP contribution in [0.4, 0.5) is 0 Å². The van der Waals surface area contributed by atoms with Gasteiger partial charge in [0, 0.05) is 30.7 Å². The number of amides is 2. The molecule has 0 aromatic heterocycles. The zero-order chi connectivity index (χ0) is 27.3. The summed E-state index contributed by atoms with van der Waals surface area (Å²) >= 11 is 1.54. The van der Waals surface area contributed by atoms with E-state index in [0.29, 0.717) is 25.4 Å². The molecular formula is C33H34N2O3S. The molecule has 5 nitrogen and oxygen atoms in total. The molecule has 4 aromatic carbocycles. The summed E-state index contributed by atoms with van der Waals surface area (Å²) in [5, 5.41) is 2.89. The lowest BCUT2D eigenvalue weighted by atomic mass is 10.1. The van der Waals surface area contributed by atoms with Gasteiger partial charge in [0.25, 0.3) is 0 Å². The van der Waals surface area contributed by atoms with Gasteiger partial charge in [-0.05, 0) is 47.4 Å². The molecule has 4 aromatic rings. The fraction of sp³-hybridized carbons (Fsp3) is 0.212. The van der Waals surface area contributed by atoms with Crippen LogP contribution in [0.15, 0.2) is 120 Å². The molecule has 4 rings (SSSR count). The van der Waals surface area contributed by atoms with Gasteiger partial charge in [0.2, 0.25) is 11.8 Å². The monoisotopic (exact) mass is 538 g/mol. The van der Waals surface area contributed by atoms with Gasteiger partial charge in [0.05, 0.1) is 0 Å². The summed E-state index contributed by atoms with van der Waals surface area (Å²) in [4.78, 5) is 28.7. The summed E-state index contributed by atoms with van der Waals surface area (Å²) < 4.78 is 5.89. The first kappa shape index (κ1) is 28.0. The van der Waals surface area contributed by atoms with Crippen LogP contribution in [-0.4, -0.2) is 35.1 Å². The summed E-state index contributed by atoms with van der Waals surface area (Å²) in [6, 6.07) is 37.3. The van der Waals surface area contributed by atoms with Crippen molar-refractivity contribution in [1.29, 1.82) is 0 Å². The normalized spacial score (nSPS) is 11.4. The van der Waals surface area contributed by atoms with Crippen molar-refractivity contribution in [3.63, 3.8) is 0 Å². The van der Waals surface area contributed by atoms with E-state index in [0.717, 1.165) is 28.2 Å². The predicted molar refractivity (Wildman–Crippen MR) is 158 cm³/mol. The number of carbonyl (C=O) groups excluding carboxylic acids is 2. The standard InChI is InChI=1S/C33H34N2O3S/c1-26(36)34-32(25-39-31-19-17-30(18-20-31)38-24-29-15-9-4-10-16-29)33(37)35(23-28-13-7-3-8-14-28)22-21-27-11-5-2-6-12-27/h2-20,32H,21-25H2,1H3,(H,34,36). The molecule has 0 aliphatic carbocycles. The lowest BCUT2D eigenvalue weighted by Gasteiger charge is -2.28. The van der Waals surface area contributed by atoms with E-state index in [1.165, 1.54) is 12.5 Å². The average molecular weight is 539 g/mol. The SMILES string of the molecule is CC(=O)NC(CSc1ccc(OCc2ccccc2)cc1)C(=O)N(CCc1ccccc1)Cc1ccccc1. The van der Waals surface area contributed by atoms with Crippen molar-refractivity contribution >= 4 is 23.6 Å². The fourth-order valence-electron chi connectivity index (χ4n) is 4.17. The van der Waals surface area contributed by atoms with Crippen LogP contribution in [0.2, 0.25) is 0 Å². The third-order valence-corrected chi connectivity index (χ3v) is 7.31. The Bertz CT molecular complexity index is 1300. The second-order valence-corrected chi connectivity index (χ2v) is 10.4. The molecule has 0 fully saturated rings. The number of benzene rings is 4. The Kier molecular flexibility index (Phi) is 10.6. The first-order chi connectivity index (χ1) is 19.1. The number of hydrogen-bond acceptors (Lipinski definition) is 4. The van der Waals surface area contributed by atoms with Gasteiger partial charge in [-0.3, -0.25) is 9.59 Å². The van der Waals surface area contributed by atoms with Crippen molar-refractivity contribution in [2.75, 3.05) is 12.3 Å². The van der Waals surface area contributed by atoms with Crippen molar-refractivity contribution in [2.24, 2.45) is 0 Å². The van der Waals surface area contributed by atoms with E-state index in [-0.39, 0.29) is 11.8 Å². The first-order valence-corrected chi connectivity index (χ1v) is 14.1. The number of ether oxygens (including phenoxy) is 1. The van der Waals surface area contributed by atoms with E-state index in [1.54, 1.807) is 11.8 Å². The number of thioether (sulfide) groups is 1. The Labute approximate surface area is 235 Å². The van der Waals surface area contributed by atoms with Crippen LogP contribution in [0.5, 0.6) is 5.75 Å². The minimum absolute atomic E-state index is 0.0831. The third-order valence-electron chi connectivity index (χ3n) is 6.21. The van der Waals surface area contributed by atoms with Crippen LogP contribution < -0.4 is 10.1 Å². The van der Waals surface area contributed by atoms with Crippen molar-refractivity contribution in [3.05, 3.63) is 132 Å². The molecule has 0 bridgehead atoms. The Hall–Kier alpha value is -4.03. The number of rotatable bonds is 13. The first-order valence-electron chi connectivity index (χ1n) is 13.1. The fourth-order valence-corrected chi connectivity index (χ4v) is 5.09. The molecule has 1 N–H and O–H groups in total. The zero-order valence-corrected chi connectivity index (χ0v) is 23.0. The minimum Gasteiger partial charge on any atom is -0.489 e. The Morgan fingerprint density at radius 1 is 0.769 bits per heavy atom. The highest BCUT2D eigenvalue weighted by Crippen LogP contribution is 2.23. The van der Waals surface area contributed by atoms with Gasteiger partial charge in [0.15, 0.2) is 0 Å². The number of carbonyl (C=O) groups is 2. The predicted octanol–water partition coefficient (Wildman–Crippen LogP) is 6.13. The second kappa shape index (κ2) is 14.8. The van der Waals surface area contributed by atoms with E-state index in [1.807, 2.05) is 108 Å². The highest BCUT2D eigenvalue weighted by molar-refractivity contribution is 7.99. The lowest BCUT2D eigenvalue weighted by Crippen LogP contribution is -2.49. The summed E-state index contributed by atoms with van der Waals surface area (Å²) in [5.74, 6) is 0.911. The summed E-state index contributed by atoms with van der Waals surface area (Å²) in [6.45, 7) is 3.01. The van der Waals surface area contributed by atoms with Gasteiger partial charge in [0.1, 0.15) is 18.4 Å². The topological polar surface area (TPSA) is 58.6 Å². The minimum atomic E-state index is -0.638. The van der Waals surface area contributed by atoms with Gasteiger partial charge < -0.3 is 15.0 Å². The highest BCUT2D eigenvalue weighted by Gasteiger charge is 2.25. The van der Waals surface area contributed by atoms with E-state index < -0.39 is 6.04 Å². The maximum Gasteiger partial charge on any atom is 0.246 e. The number of nitrogens with zero attached hydrogens (tertiary/aromatic N) is 1. The van der Waals surface area contributed by atoms with Crippen LogP contribution in [0.3, 0.4) is 0 Å². The zero-order valence-electron chi connectivity index (χ0n) is 22.2. The maximum atomic E-state index is 13.8. The maximum absolute atomic E-state index is 13.8. The van der Waals surface area contributed by atoms with Gasteiger partial charge in [-0.2, -0.15) is 0 Å². The molecule has 0 spiro atoms. The number of nitrogens with one attached hydrogen (secondary N) is 1. The summed E-state index contributed by atoms with van der Waals surface area (Å²) in [6.07, 6.45) is 0.740. The molecule has 0 radical (unpaired) electrons. The molecule has 200 valence electrons. The Morgan fingerprint density at radius 2 is 1.33 bits per heavy atom. The average Bonchev–Trinajstić information content (AvgIpc) is 2.98.